The van der Waals surface area contributed by atoms with Crippen LogP contribution >= 0.6 is 0 Å². The molecule has 25 heavy (non-hydrogen) atoms. The van der Waals surface area contributed by atoms with Crippen molar-refractivity contribution in [1.82, 2.24) is 9.80 Å². The summed E-state index contributed by atoms with van der Waals surface area (Å²) in [6, 6.07) is 11.1. The van der Waals surface area contributed by atoms with Gasteiger partial charge in [0.1, 0.15) is 5.75 Å². The van der Waals surface area contributed by atoms with Gasteiger partial charge in [0, 0.05) is 26.2 Å². The molecule has 0 unspecified atom stereocenters. The van der Waals surface area contributed by atoms with Crippen LogP contribution in [0.15, 0.2) is 58.0 Å². The number of rotatable bonds is 4. The van der Waals surface area contributed by atoms with Gasteiger partial charge in [-0.15, -0.1) is 0 Å². The summed E-state index contributed by atoms with van der Waals surface area (Å²) in [5.74, 6) is -0.988. The summed E-state index contributed by atoms with van der Waals surface area (Å²) in [6.45, 7) is 1.29. The van der Waals surface area contributed by atoms with Crippen molar-refractivity contribution in [3.05, 3.63) is 54.5 Å². The van der Waals surface area contributed by atoms with Crippen LogP contribution in [0, 0.1) is 0 Å². The summed E-state index contributed by atoms with van der Waals surface area (Å²) >= 11 is 0. The number of sulfone groups is 1. The second-order valence-electron chi connectivity index (χ2n) is 5.72. The van der Waals surface area contributed by atoms with Gasteiger partial charge in [-0.1, -0.05) is 18.2 Å². The van der Waals surface area contributed by atoms with Crippen LogP contribution in [0.3, 0.4) is 0 Å². The van der Waals surface area contributed by atoms with Gasteiger partial charge in [-0.2, -0.15) is 0 Å². The summed E-state index contributed by atoms with van der Waals surface area (Å²) in [5.41, 5.74) is 0. The maximum atomic E-state index is 12.3. The number of piperazine rings is 1. The lowest BCUT2D eigenvalue weighted by Gasteiger charge is -2.34. The van der Waals surface area contributed by atoms with Crippen molar-refractivity contribution in [3.8, 4) is 0 Å². The molecule has 1 aliphatic heterocycles. The van der Waals surface area contributed by atoms with Crippen molar-refractivity contribution < 1.29 is 22.4 Å². The van der Waals surface area contributed by atoms with Crippen molar-refractivity contribution in [1.29, 1.82) is 0 Å². The van der Waals surface area contributed by atoms with Crippen LogP contribution in [-0.4, -0.2) is 62.0 Å². The second-order valence-corrected chi connectivity index (χ2v) is 7.71. The Balaban J connectivity index is 1.58. The predicted octanol–water partition coefficient (Wildman–Crippen LogP) is 1.04. The molecule has 2 heterocycles. The summed E-state index contributed by atoms with van der Waals surface area (Å²) in [7, 11) is -3.66. The fourth-order valence-corrected chi connectivity index (χ4v) is 3.93. The molecule has 1 aliphatic rings. The van der Waals surface area contributed by atoms with E-state index in [1.54, 1.807) is 35.2 Å². The quantitative estimate of drug-likeness (QED) is 0.811. The molecule has 0 atom stereocenters. The summed E-state index contributed by atoms with van der Waals surface area (Å²) in [6.07, 6.45) is 1.43. The number of furan rings is 1. The Morgan fingerprint density at radius 3 is 2.16 bits per heavy atom. The van der Waals surface area contributed by atoms with E-state index in [4.69, 9.17) is 4.42 Å². The Labute approximate surface area is 145 Å². The molecule has 0 N–H and O–H groups in total. The summed E-state index contributed by atoms with van der Waals surface area (Å²) < 4.78 is 29.7. The molecule has 1 saturated heterocycles. The first kappa shape index (κ1) is 17.2. The van der Waals surface area contributed by atoms with E-state index in [2.05, 4.69) is 0 Å². The third kappa shape index (κ3) is 3.90. The minimum atomic E-state index is -3.66. The normalized spacial score (nSPS) is 15.2. The van der Waals surface area contributed by atoms with Crippen LogP contribution < -0.4 is 0 Å². The molecule has 0 spiro atoms. The van der Waals surface area contributed by atoms with Crippen LogP contribution in [0.2, 0.25) is 0 Å². The van der Waals surface area contributed by atoms with E-state index in [1.807, 2.05) is 0 Å². The smallest absolute Gasteiger partial charge is 0.289 e. The van der Waals surface area contributed by atoms with Crippen LogP contribution in [0.5, 0.6) is 0 Å². The SMILES string of the molecule is O=C(CS(=O)(=O)c1ccccc1)N1CCN(C(=O)c2ccco2)CC1. The van der Waals surface area contributed by atoms with Gasteiger partial charge in [0.2, 0.25) is 5.91 Å². The molecule has 1 aromatic heterocycles. The standard InChI is InChI=1S/C17H18N2O5S/c20-16(13-25(22,23)14-5-2-1-3-6-14)18-8-10-19(11-9-18)17(21)15-7-4-12-24-15/h1-7,12H,8-11,13H2. The minimum Gasteiger partial charge on any atom is -0.459 e. The lowest BCUT2D eigenvalue weighted by molar-refractivity contribution is -0.129. The van der Waals surface area contributed by atoms with Crippen LogP contribution in [-0.2, 0) is 14.6 Å². The molecule has 7 nitrogen and oxygen atoms in total. The fraction of sp³-hybridized carbons (Fsp3) is 0.294. The van der Waals surface area contributed by atoms with Gasteiger partial charge >= 0.3 is 0 Å². The van der Waals surface area contributed by atoms with Crippen molar-refractivity contribution >= 4 is 21.7 Å². The zero-order valence-electron chi connectivity index (χ0n) is 13.5. The van der Waals surface area contributed by atoms with Gasteiger partial charge in [-0.05, 0) is 24.3 Å². The number of nitrogens with zero attached hydrogens (tertiary/aromatic N) is 2. The molecule has 0 saturated carbocycles. The fourth-order valence-electron chi connectivity index (χ4n) is 2.68. The van der Waals surface area contributed by atoms with Crippen LogP contribution in [0.4, 0.5) is 0 Å². The average Bonchev–Trinajstić information content (AvgIpc) is 3.16. The number of benzene rings is 1. The highest BCUT2D eigenvalue weighted by Gasteiger charge is 2.28. The second kappa shape index (κ2) is 7.10. The highest BCUT2D eigenvalue weighted by Crippen LogP contribution is 2.13. The molecule has 2 aromatic rings. The number of amides is 2. The maximum Gasteiger partial charge on any atom is 0.289 e. The van der Waals surface area contributed by atoms with Gasteiger partial charge in [-0.3, -0.25) is 9.59 Å². The van der Waals surface area contributed by atoms with Gasteiger partial charge in [0.05, 0.1) is 11.2 Å². The van der Waals surface area contributed by atoms with E-state index in [9.17, 15) is 18.0 Å². The van der Waals surface area contributed by atoms with E-state index in [0.717, 1.165) is 0 Å². The van der Waals surface area contributed by atoms with E-state index in [1.165, 1.54) is 23.3 Å². The number of carbonyl (C=O) groups is 2. The lowest BCUT2D eigenvalue weighted by atomic mass is 10.3. The topological polar surface area (TPSA) is 87.9 Å². The van der Waals surface area contributed by atoms with Crippen molar-refractivity contribution in [3.63, 3.8) is 0 Å². The molecule has 0 bridgehead atoms. The van der Waals surface area contributed by atoms with Crippen molar-refractivity contribution in [2.75, 3.05) is 31.9 Å². The van der Waals surface area contributed by atoms with Gasteiger partial charge in [0.25, 0.3) is 5.91 Å². The molecule has 0 aliphatic carbocycles. The van der Waals surface area contributed by atoms with E-state index < -0.39 is 21.5 Å². The lowest BCUT2D eigenvalue weighted by Crippen LogP contribution is -2.51. The predicted molar refractivity (Wildman–Crippen MR) is 89.7 cm³/mol. The Hall–Kier alpha value is -2.61. The third-order valence-electron chi connectivity index (χ3n) is 4.07. The van der Waals surface area contributed by atoms with E-state index >= 15 is 0 Å². The third-order valence-corrected chi connectivity index (χ3v) is 5.68. The molecule has 2 amide bonds. The van der Waals surface area contributed by atoms with Gasteiger partial charge in [-0.25, -0.2) is 8.42 Å². The highest BCUT2D eigenvalue weighted by atomic mass is 32.2. The van der Waals surface area contributed by atoms with E-state index in [0.29, 0.717) is 26.2 Å². The highest BCUT2D eigenvalue weighted by molar-refractivity contribution is 7.92. The first-order chi connectivity index (χ1) is 12.0. The first-order valence-corrected chi connectivity index (χ1v) is 9.51. The Kier molecular flexibility index (Phi) is 4.89. The van der Waals surface area contributed by atoms with Crippen molar-refractivity contribution in [2.45, 2.75) is 4.90 Å². The molecular formula is C17H18N2O5S. The molecule has 8 heteroatoms. The molecule has 1 aromatic carbocycles. The largest absolute Gasteiger partial charge is 0.459 e. The molecular weight excluding hydrogens is 344 g/mol. The molecule has 3 rings (SSSR count). The average molecular weight is 362 g/mol. The molecule has 132 valence electrons. The molecule has 0 radical (unpaired) electrons. The molecule has 1 fully saturated rings. The summed E-state index contributed by atoms with van der Waals surface area (Å²) in [5, 5.41) is 0. The number of hydrogen-bond acceptors (Lipinski definition) is 5. The number of hydrogen-bond donors (Lipinski definition) is 0. The Bertz CT molecular complexity index is 838. The summed E-state index contributed by atoms with van der Waals surface area (Å²) in [4.78, 5) is 27.7. The van der Waals surface area contributed by atoms with Gasteiger partial charge < -0.3 is 14.2 Å². The van der Waals surface area contributed by atoms with E-state index in [-0.39, 0.29) is 16.6 Å². The Morgan fingerprint density at radius 1 is 0.920 bits per heavy atom. The maximum absolute atomic E-state index is 12.3. The zero-order valence-corrected chi connectivity index (χ0v) is 14.3. The van der Waals surface area contributed by atoms with Crippen molar-refractivity contribution in [2.24, 2.45) is 0 Å². The number of carbonyl (C=O) groups excluding carboxylic acids is 2. The minimum absolute atomic E-state index is 0.134. The zero-order chi connectivity index (χ0) is 17.9. The first-order valence-electron chi connectivity index (χ1n) is 7.86. The van der Waals surface area contributed by atoms with Crippen LogP contribution in [0.25, 0.3) is 0 Å². The van der Waals surface area contributed by atoms with Gasteiger partial charge in [0.15, 0.2) is 15.6 Å². The monoisotopic (exact) mass is 362 g/mol. The Morgan fingerprint density at radius 2 is 1.56 bits per heavy atom. The van der Waals surface area contributed by atoms with Crippen LogP contribution in [0.1, 0.15) is 10.6 Å².